The molecule has 0 radical (unpaired) electrons. The van der Waals surface area contributed by atoms with Crippen molar-refractivity contribution in [2.45, 2.75) is 0 Å². The van der Waals surface area contributed by atoms with E-state index in [4.69, 9.17) is 0 Å². The molecule has 0 aromatic carbocycles. The molecule has 1 rings (SSSR count). The fraction of sp³-hybridized carbons (Fsp3) is 0.286. The van der Waals surface area contributed by atoms with E-state index < -0.39 is 0 Å². The Hall–Kier alpha value is -0.570. The summed E-state index contributed by atoms with van der Waals surface area (Å²) in [6.45, 7) is 0. The average Bonchev–Trinajstić information content (AvgIpc) is 1.88. The molecule has 0 aliphatic carbocycles. The molecule has 3 heteroatoms. The van der Waals surface area contributed by atoms with Crippen LogP contribution in [-0.2, 0) is 0 Å². The van der Waals surface area contributed by atoms with Crippen LogP contribution >= 0.6 is 15.9 Å². The summed E-state index contributed by atoms with van der Waals surface area (Å²) in [4.78, 5) is 6.10. The molecule has 1 heterocycles. The van der Waals surface area contributed by atoms with Crippen molar-refractivity contribution in [3.63, 3.8) is 0 Å². The summed E-state index contributed by atoms with van der Waals surface area (Å²) in [6.07, 6.45) is 1.78. The zero-order chi connectivity index (χ0) is 7.56. The van der Waals surface area contributed by atoms with Crippen molar-refractivity contribution >= 4 is 21.7 Å². The van der Waals surface area contributed by atoms with E-state index >= 15 is 0 Å². The number of aromatic nitrogens is 1. The van der Waals surface area contributed by atoms with E-state index in [9.17, 15) is 0 Å². The average molecular weight is 201 g/mol. The molecule has 1 aromatic heterocycles. The predicted octanol–water partition coefficient (Wildman–Crippen LogP) is 1.91. The molecule has 0 saturated heterocycles. The van der Waals surface area contributed by atoms with Crippen LogP contribution in [0.1, 0.15) is 0 Å². The van der Waals surface area contributed by atoms with Crippen LogP contribution in [0.2, 0.25) is 0 Å². The molecule has 0 amide bonds. The number of pyridine rings is 1. The van der Waals surface area contributed by atoms with Gasteiger partial charge >= 0.3 is 0 Å². The quantitative estimate of drug-likeness (QED) is 0.689. The Bertz CT molecular complexity index is 223. The van der Waals surface area contributed by atoms with Crippen LogP contribution in [0.4, 0.5) is 5.82 Å². The lowest BCUT2D eigenvalue weighted by Crippen LogP contribution is -2.09. The van der Waals surface area contributed by atoms with Crippen molar-refractivity contribution in [3.8, 4) is 0 Å². The molecule has 0 bridgehead atoms. The molecule has 0 spiro atoms. The van der Waals surface area contributed by atoms with E-state index in [0.29, 0.717) is 0 Å². The van der Waals surface area contributed by atoms with Crippen LogP contribution in [-0.4, -0.2) is 19.1 Å². The van der Waals surface area contributed by atoms with Crippen molar-refractivity contribution in [1.29, 1.82) is 0 Å². The van der Waals surface area contributed by atoms with Gasteiger partial charge in [0.25, 0.3) is 0 Å². The van der Waals surface area contributed by atoms with Crippen LogP contribution in [0.15, 0.2) is 22.8 Å². The zero-order valence-corrected chi connectivity index (χ0v) is 7.59. The normalized spacial score (nSPS) is 9.50. The number of hydrogen-bond acceptors (Lipinski definition) is 2. The van der Waals surface area contributed by atoms with E-state index in [2.05, 4.69) is 20.9 Å². The van der Waals surface area contributed by atoms with Gasteiger partial charge in [-0.05, 0) is 12.1 Å². The smallest absolute Gasteiger partial charge is 0.129 e. The summed E-state index contributed by atoms with van der Waals surface area (Å²) < 4.78 is 1.06. The van der Waals surface area contributed by atoms with Gasteiger partial charge in [-0.15, -0.1) is 0 Å². The highest BCUT2D eigenvalue weighted by Gasteiger charge is 1.94. The fourth-order valence-corrected chi connectivity index (χ4v) is 0.961. The fourth-order valence-electron chi connectivity index (χ4n) is 0.638. The zero-order valence-electron chi connectivity index (χ0n) is 6.00. The van der Waals surface area contributed by atoms with E-state index in [-0.39, 0.29) is 0 Å². The third kappa shape index (κ3) is 1.70. The van der Waals surface area contributed by atoms with E-state index in [1.807, 2.05) is 31.1 Å². The molecular formula is C7H9BrN2. The van der Waals surface area contributed by atoms with Crippen molar-refractivity contribution in [2.75, 3.05) is 19.0 Å². The molecule has 0 fully saturated rings. The molecule has 54 valence electrons. The second-order valence-corrected chi connectivity index (χ2v) is 3.14. The topological polar surface area (TPSA) is 16.1 Å². The van der Waals surface area contributed by atoms with Crippen LogP contribution in [0.25, 0.3) is 0 Å². The number of nitrogens with zero attached hydrogens (tertiary/aromatic N) is 2. The van der Waals surface area contributed by atoms with Gasteiger partial charge in [0.05, 0.1) is 0 Å². The molecular weight excluding hydrogens is 192 g/mol. The van der Waals surface area contributed by atoms with Crippen LogP contribution in [0.3, 0.4) is 0 Å². The first-order valence-electron chi connectivity index (χ1n) is 2.99. The molecule has 1 aromatic rings. The van der Waals surface area contributed by atoms with Gasteiger partial charge in [-0.1, -0.05) is 15.9 Å². The molecule has 0 aliphatic rings. The maximum absolute atomic E-state index is 4.14. The van der Waals surface area contributed by atoms with Crippen LogP contribution in [0, 0.1) is 0 Å². The van der Waals surface area contributed by atoms with Crippen molar-refractivity contribution < 1.29 is 0 Å². The summed E-state index contributed by atoms with van der Waals surface area (Å²) in [7, 11) is 3.93. The molecule has 0 saturated carbocycles. The second kappa shape index (κ2) is 3.01. The molecule has 0 atom stereocenters. The Balaban J connectivity index is 2.96. The van der Waals surface area contributed by atoms with E-state index in [1.165, 1.54) is 0 Å². The van der Waals surface area contributed by atoms with Crippen molar-refractivity contribution in [1.82, 2.24) is 4.98 Å². The minimum atomic E-state index is 0.967. The van der Waals surface area contributed by atoms with Crippen LogP contribution < -0.4 is 4.90 Å². The van der Waals surface area contributed by atoms with Gasteiger partial charge < -0.3 is 4.90 Å². The lowest BCUT2D eigenvalue weighted by Gasteiger charge is -2.09. The van der Waals surface area contributed by atoms with Gasteiger partial charge in [0.2, 0.25) is 0 Å². The Labute approximate surface area is 69.0 Å². The third-order valence-corrected chi connectivity index (χ3v) is 1.66. The van der Waals surface area contributed by atoms with Gasteiger partial charge in [0.1, 0.15) is 5.82 Å². The SMILES string of the molecule is CN(C)c1cc(Br)ccn1. The Morgan fingerprint density at radius 3 is 2.60 bits per heavy atom. The number of halogens is 1. The Morgan fingerprint density at radius 1 is 1.50 bits per heavy atom. The number of anilines is 1. The highest BCUT2D eigenvalue weighted by atomic mass is 79.9. The highest BCUT2D eigenvalue weighted by Crippen LogP contribution is 2.13. The maximum Gasteiger partial charge on any atom is 0.129 e. The summed E-state index contributed by atoms with van der Waals surface area (Å²) in [6, 6.07) is 3.88. The van der Waals surface area contributed by atoms with Gasteiger partial charge in [0.15, 0.2) is 0 Å². The molecule has 10 heavy (non-hydrogen) atoms. The standard InChI is InChI=1S/C7H9BrN2/c1-10(2)7-5-6(8)3-4-9-7/h3-5H,1-2H3. The van der Waals surface area contributed by atoms with Gasteiger partial charge in [0, 0.05) is 24.8 Å². The first-order valence-corrected chi connectivity index (χ1v) is 3.78. The first kappa shape index (κ1) is 7.54. The van der Waals surface area contributed by atoms with Gasteiger partial charge in [-0.3, -0.25) is 0 Å². The Morgan fingerprint density at radius 2 is 2.20 bits per heavy atom. The lowest BCUT2D eigenvalue weighted by molar-refractivity contribution is 1.07. The summed E-state index contributed by atoms with van der Waals surface area (Å²) in [5.74, 6) is 0.967. The molecule has 0 aliphatic heterocycles. The first-order chi connectivity index (χ1) is 4.70. The summed E-state index contributed by atoms with van der Waals surface area (Å²) in [5.41, 5.74) is 0. The van der Waals surface area contributed by atoms with E-state index in [0.717, 1.165) is 10.3 Å². The van der Waals surface area contributed by atoms with Gasteiger partial charge in [-0.25, -0.2) is 4.98 Å². The van der Waals surface area contributed by atoms with Crippen molar-refractivity contribution in [2.24, 2.45) is 0 Å². The predicted molar refractivity (Wildman–Crippen MR) is 46.3 cm³/mol. The monoisotopic (exact) mass is 200 g/mol. The van der Waals surface area contributed by atoms with Crippen molar-refractivity contribution in [3.05, 3.63) is 22.8 Å². The number of hydrogen-bond donors (Lipinski definition) is 0. The molecule has 0 N–H and O–H groups in total. The minimum absolute atomic E-state index is 0.967. The highest BCUT2D eigenvalue weighted by molar-refractivity contribution is 9.10. The third-order valence-electron chi connectivity index (χ3n) is 1.17. The summed E-state index contributed by atoms with van der Waals surface area (Å²) >= 11 is 3.36. The molecule has 0 unspecified atom stereocenters. The summed E-state index contributed by atoms with van der Waals surface area (Å²) in [5, 5.41) is 0. The largest absolute Gasteiger partial charge is 0.363 e. The Kier molecular flexibility index (Phi) is 2.27. The second-order valence-electron chi connectivity index (χ2n) is 2.23. The van der Waals surface area contributed by atoms with Gasteiger partial charge in [-0.2, -0.15) is 0 Å². The van der Waals surface area contributed by atoms with Crippen LogP contribution in [0.5, 0.6) is 0 Å². The van der Waals surface area contributed by atoms with E-state index in [1.54, 1.807) is 6.20 Å². The number of rotatable bonds is 1. The maximum atomic E-state index is 4.14. The molecule has 2 nitrogen and oxygen atoms in total. The lowest BCUT2D eigenvalue weighted by atomic mass is 10.4. The minimum Gasteiger partial charge on any atom is -0.363 e.